The summed E-state index contributed by atoms with van der Waals surface area (Å²) in [4.78, 5) is 0. The van der Waals surface area contributed by atoms with Crippen molar-refractivity contribution in [2.24, 2.45) is 0 Å². The van der Waals surface area contributed by atoms with E-state index >= 15 is 0 Å². The van der Waals surface area contributed by atoms with Crippen molar-refractivity contribution in [3.05, 3.63) is 71.9 Å². The average molecular weight is 287 g/mol. The molecule has 0 fully saturated rings. The van der Waals surface area contributed by atoms with E-state index in [1.165, 1.54) is 12.1 Å². The predicted molar refractivity (Wildman–Crippen MR) is 78.6 cm³/mol. The van der Waals surface area contributed by atoms with Gasteiger partial charge in [0.15, 0.2) is 0 Å². The second kappa shape index (κ2) is 5.13. The summed E-state index contributed by atoms with van der Waals surface area (Å²) in [6.45, 7) is 0. The Bertz CT molecular complexity index is 780. The van der Waals surface area contributed by atoms with Gasteiger partial charge in [-0.2, -0.15) is 13.2 Å². The predicted octanol–water partition coefficient (Wildman–Crippen LogP) is 5.29. The third-order valence-electron chi connectivity index (χ3n) is 3.30. The number of hydrogen-bond acceptors (Lipinski definition) is 0. The van der Waals surface area contributed by atoms with E-state index < -0.39 is 11.7 Å². The molecular weight excluding hydrogens is 275 g/mol. The Morgan fingerprint density at radius 1 is 0.857 bits per heavy atom. The van der Waals surface area contributed by atoms with E-state index in [-0.39, 0.29) is 0 Å². The van der Waals surface area contributed by atoms with Crippen LogP contribution in [0.2, 0.25) is 0 Å². The Balaban J connectivity index is 1.86. The molecule has 0 N–H and O–H groups in total. The van der Waals surface area contributed by atoms with E-state index in [4.69, 9.17) is 0 Å². The highest BCUT2D eigenvalue weighted by molar-refractivity contribution is 5.83. The minimum atomic E-state index is -4.29. The lowest BCUT2D eigenvalue weighted by Crippen LogP contribution is -2.03. The molecule has 3 aromatic rings. The lowest BCUT2D eigenvalue weighted by Gasteiger charge is -2.06. The van der Waals surface area contributed by atoms with E-state index in [9.17, 15) is 13.2 Å². The maximum absolute atomic E-state index is 12.5. The molecule has 1 aromatic heterocycles. The number of benzene rings is 2. The van der Waals surface area contributed by atoms with Crippen molar-refractivity contribution >= 4 is 23.2 Å². The Morgan fingerprint density at radius 3 is 2.29 bits per heavy atom. The number of hydrogen-bond donors (Lipinski definition) is 0. The van der Waals surface area contributed by atoms with Crippen molar-refractivity contribution in [2.75, 3.05) is 0 Å². The van der Waals surface area contributed by atoms with Gasteiger partial charge in [-0.05, 0) is 41.3 Å². The molecule has 0 aliphatic carbocycles. The standard InChI is InChI=1S/C17H12F3N/c18-17(19,20)15-7-5-13(6-8-15)9-11-21-12-10-14-3-1-2-4-16(14)21/h1-12H. The van der Waals surface area contributed by atoms with Crippen molar-refractivity contribution in [2.45, 2.75) is 6.18 Å². The Hall–Kier alpha value is -2.49. The fourth-order valence-electron chi connectivity index (χ4n) is 2.18. The van der Waals surface area contributed by atoms with E-state index in [0.29, 0.717) is 0 Å². The van der Waals surface area contributed by atoms with Crippen LogP contribution >= 0.6 is 0 Å². The van der Waals surface area contributed by atoms with Crippen LogP contribution in [0.5, 0.6) is 0 Å². The molecule has 21 heavy (non-hydrogen) atoms. The number of fused-ring (bicyclic) bond motifs is 1. The Kier molecular flexibility index (Phi) is 3.29. The number of rotatable bonds is 2. The minimum Gasteiger partial charge on any atom is -0.323 e. The topological polar surface area (TPSA) is 4.93 Å². The molecule has 1 nitrogen and oxygen atoms in total. The van der Waals surface area contributed by atoms with E-state index in [1.807, 2.05) is 47.3 Å². The Labute approximate surface area is 119 Å². The van der Waals surface area contributed by atoms with E-state index in [0.717, 1.165) is 28.6 Å². The molecule has 106 valence electrons. The highest BCUT2D eigenvalue weighted by atomic mass is 19.4. The maximum Gasteiger partial charge on any atom is 0.416 e. The third kappa shape index (κ3) is 2.84. The van der Waals surface area contributed by atoms with E-state index in [1.54, 1.807) is 6.08 Å². The van der Waals surface area contributed by atoms with Gasteiger partial charge < -0.3 is 4.57 Å². The SMILES string of the molecule is FC(F)(F)c1ccc(C=Cn2ccc3ccccc32)cc1. The van der Waals surface area contributed by atoms with Gasteiger partial charge in [0.1, 0.15) is 0 Å². The van der Waals surface area contributed by atoms with Crippen LogP contribution in [0.1, 0.15) is 11.1 Å². The number of nitrogens with zero attached hydrogens (tertiary/aromatic N) is 1. The maximum atomic E-state index is 12.5. The number of halogens is 3. The molecule has 0 spiro atoms. The highest BCUT2D eigenvalue weighted by Crippen LogP contribution is 2.29. The molecule has 0 atom stereocenters. The summed E-state index contributed by atoms with van der Waals surface area (Å²) >= 11 is 0. The number of aromatic nitrogens is 1. The molecule has 0 saturated heterocycles. The molecule has 0 aliphatic heterocycles. The van der Waals surface area contributed by atoms with Gasteiger partial charge in [0.25, 0.3) is 0 Å². The van der Waals surface area contributed by atoms with Gasteiger partial charge in [0.2, 0.25) is 0 Å². The molecule has 0 aliphatic rings. The fourth-order valence-corrected chi connectivity index (χ4v) is 2.18. The summed E-state index contributed by atoms with van der Waals surface area (Å²) < 4.78 is 39.4. The zero-order valence-electron chi connectivity index (χ0n) is 11.0. The molecular formula is C17H12F3N. The van der Waals surface area contributed by atoms with Crippen molar-refractivity contribution < 1.29 is 13.2 Å². The lowest BCUT2D eigenvalue weighted by atomic mass is 10.1. The summed E-state index contributed by atoms with van der Waals surface area (Å²) in [6.07, 6.45) is 1.25. The molecule has 0 saturated carbocycles. The zero-order valence-corrected chi connectivity index (χ0v) is 11.0. The first-order chi connectivity index (χ1) is 10.0. The fraction of sp³-hybridized carbons (Fsp3) is 0.0588. The molecule has 0 bridgehead atoms. The van der Waals surface area contributed by atoms with Crippen molar-refractivity contribution in [1.82, 2.24) is 4.57 Å². The van der Waals surface area contributed by atoms with Crippen molar-refractivity contribution in [1.29, 1.82) is 0 Å². The van der Waals surface area contributed by atoms with Gasteiger partial charge in [0.05, 0.1) is 11.1 Å². The first kappa shape index (κ1) is 13.5. The summed E-state index contributed by atoms with van der Waals surface area (Å²) in [5.74, 6) is 0. The number of alkyl halides is 3. The molecule has 1 heterocycles. The quantitative estimate of drug-likeness (QED) is 0.603. The average Bonchev–Trinajstić information content (AvgIpc) is 2.88. The second-order valence-electron chi connectivity index (χ2n) is 4.72. The van der Waals surface area contributed by atoms with Crippen LogP contribution in [-0.2, 0) is 6.18 Å². The van der Waals surface area contributed by atoms with Gasteiger partial charge in [-0.25, -0.2) is 0 Å². The smallest absolute Gasteiger partial charge is 0.323 e. The molecule has 3 rings (SSSR count). The van der Waals surface area contributed by atoms with E-state index in [2.05, 4.69) is 0 Å². The van der Waals surface area contributed by atoms with Crippen LogP contribution in [0.15, 0.2) is 60.8 Å². The molecule has 4 heteroatoms. The lowest BCUT2D eigenvalue weighted by molar-refractivity contribution is -0.137. The molecule has 2 aromatic carbocycles. The van der Waals surface area contributed by atoms with Crippen LogP contribution in [0.4, 0.5) is 13.2 Å². The van der Waals surface area contributed by atoms with Crippen molar-refractivity contribution in [3.8, 4) is 0 Å². The van der Waals surface area contributed by atoms with Crippen molar-refractivity contribution in [3.63, 3.8) is 0 Å². The number of para-hydroxylation sites is 1. The van der Waals surface area contributed by atoms with Crippen LogP contribution in [-0.4, -0.2) is 4.57 Å². The monoisotopic (exact) mass is 287 g/mol. The van der Waals surface area contributed by atoms with Gasteiger partial charge in [-0.3, -0.25) is 0 Å². The summed E-state index contributed by atoms with van der Waals surface area (Å²) in [5.41, 5.74) is 1.15. The minimum absolute atomic E-state index is 0.633. The zero-order chi connectivity index (χ0) is 14.9. The van der Waals surface area contributed by atoms with Crippen LogP contribution in [0, 0.1) is 0 Å². The second-order valence-corrected chi connectivity index (χ2v) is 4.72. The normalized spacial score (nSPS) is 12.3. The van der Waals surface area contributed by atoms with Gasteiger partial charge in [-0.1, -0.05) is 30.3 Å². The van der Waals surface area contributed by atoms with Crippen LogP contribution in [0.25, 0.3) is 23.2 Å². The summed E-state index contributed by atoms with van der Waals surface area (Å²) in [5, 5.41) is 1.12. The Morgan fingerprint density at radius 2 is 1.57 bits per heavy atom. The summed E-state index contributed by atoms with van der Waals surface area (Å²) in [7, 11) is 0. The first-order valence-electron chi connectivity index (χ1n) is 6.45. The van der Waals surface area contributed by atoms with Gasteiger partial charge in [-0.15, -0.1) is 0 Å². The largest absolute Gasteiger partial charge is 0.416 e. The van der Waals surface area contributed by atoms with Crippen LogP contribution in [0.3, 0.4) is 0 Å². The summed E-state index contributed by atoms with van der Waals surface area (Å²) in [6, 6.07) is 15.0. The van der Waals surface area contributed by atoms with Gasteiger partial charge >= 0.3 is 6.18 Å². The third-order valence-corrected chi connectivity index (χ3v) is 3.30. The molecule has 0 amide bonds. The van der Waals surface area contributed by atoms with Gasteiger partial charge in [0, 0.05) is 12.4 Å². The molecule has 0 radical (unpaired) electrons. The van der Waals surface area contributed by atoms with Crippen LogP contribution < -0.4 is 0 Å². The first-order valence-corrected chi connectivity index (χ1v) is 6.45. The highest BCUT2D eigenvalue weighted by Gasteiger charge is 2.29. The molecule has 0 unspecified atom stereocenters.